The average Bonchev–Trinajstić information content (AvgIpc) is 3.21. The number of unbranched alkanes of at least 4 members (excludes halogenated alkanes) is 1. The van der Waals surface area contributed by atoms with Crippen molar-refractivity contribution in [2.24, 2.45) is 0 Å². The fourth-order valence-corrected chi connectivity index (χ4v) is 5.89. The van der Waals surface area contributed by atoms with E-state index in [9.17, 15) is 13.2 Å². The van der Waals surface area contributed by atoms with Crippen molar-refractivity contribution >= 4 is 73.1 Å². The Morgan fingerprint density at radius 1 is 1.11 bits per heavy atom. The predicted octanol–water partition coefficient (Wildman–Crippen LogP) is 2.22. The predicted molar refractivity (Wildman–Crippen MR) is 112 cm³/mol. The van der Waals surface area contributed by atoms with E-state index < -0.39 is 21.3 Å². The van der Waals surface area contributed by atoms with E-state index in [0.717, 1.165) is 63.6 Å². The van der Waals surface area contributed by atoms with Gasteiger partial charge in [-0.25, -0.2) is 17.9 Å². The zero-order valence-corrected chi connectivity index (χ0v) is 21.0. The molecule has 0 saturated carbocycles. The van der Waals surface area contributed by atoms with Crippen LogP contribution in [0.15, 0.2) is 6.07 Å². The maximum Gasteiger partial charge on any atom is 0.332 e. The third kappa shape index (κ3) is 4.68. The van der Waals surface area contributed by atoms with Crippen molar-refractivity contribution in [3.63, 3.8) is 0 Å². The molecule has 4 rings (SSSR count). The van der Waals surface area contributed by atoms with Crippen molar-refractivity contribution in [3.8, 4) is 0 Å². The zero-order chi connectivity index (χ0) is 19.0. The van der Waals surface area contributed by atoms with Gasteiger partial charge in [0.2, 0.25) is 10.0 Å². The van der Waals surface area contributed by atoms with Gasteiger partial charge in [-0.05, 0) is 73.7 Å². The van der Waals surface area contributed by atoms with Crippen LogP contribution in [0.2, 0.25) is 0 Å². The molecule has 1 radical (unpaired) electrons. The smallest absolute Gasteiger partial charge is 0.307 e. The van der Waals surface area contributed by atoms with Crippen LogP contribution in [0.5, 0.6) is 0 Å². The molecule has 1 saturated heterocycles. The second kappa shape index (κ2) is 9.45. The minimum absolute atomic E-state index is 0. The van der Waals surface area contributed by atoms with E-state index in [0.29, 0.717) is 13.1 Å². The summed E-state index contributed by atoms with van der Waals surface area (Å²) in [6.07, 6.45) is 8.38. The first-order valence-electron chi connectivity index (χ1n) is 10.2. The van der Waals surface area contributed by atoms with Crippen molar-refractivity contribution in [2.45, 2.75) is 63.5 Å². The number of sulfonamides is 1. The van der Waals surface area contributed by atoms with E-state index in [1.54, 1.807) is 0 Å². The van der Waals surface area contributed by atoms with E-state index in [4.69, 9.17) is 0 Å². The first-order valence-corrected chi connectivity index (χ1v) is 11.7. The molecule has 1 aliphatic heterocycles. The Kier molecular flexibility index (Phi) is 7.67. The molecule has 28 heavy (non-hydrogen) atoms. The fourth-order valence-electron chi connectivity index (χ4n) is 4.60. The molecule has 0 unspecified atom stereocenters. The number of rotatable bonds is 6. The molecule has 1 aromatic carbocycles. The Balaban J connectivity index is 0.00000225. The molecule has 3 aliphatic rings. The number of likely N-dealkylation sites (tertiary alicyclic amines) is 1. The number of anilines is 1. The summed E-state index contributed by atoms with van der Waals surface area (Å²) < 4.78 is 27.3. The number of carbonyl (C=O) groups excluding carboxylic acids is 1. The molecule has 2 amide bonds. The topological polar surface area (TPSA) is 78.5 Å². The summed E-state index contributed by atoms with van der Waals surface area (Å²) in [5.74, 6) is 0. The van der Waals surface area contributed by atoms with Crippen LogP contribution in [-0.4, -0.2) is 95.6 Å². The summed E-state index contributed by atoms with van der Waals surface area (Å²) in [6, 6.07) is 1.68. The third-order valence-corrected chi connectivity index (χ3v) is 7.78. The molecule has 0 atom stereocenters. The van der Waals surface area contributed by atoms with Gasteiger partial charge in [-0.15, -0.1) is 0 Å². The van der Waals surface area contributed by atoms with E-state index in [1.165, 1.54) is 22.3 Å². The summed E-state index contributed by atoms with van der Waals surface area (Å²) in [4.78, 5) is 14.6. The Hall–Kier alpha value is 0.0364. The van der Waals surface area contributed by atoms with Crippen LogP contribution in [0.25, 0.3) is 0 Å². The molecule has 1 fully saturated rings. The monoisotopic (exact) mass is 430 g/mol. The summed E-state index contributed by atoms with van der Waals surface area (Å²) in [7, 11) is -3.63. The number of aryl methyl sites for hydroxylation is 2. The Morgan fingerprint density at radius 2 is 1.71 bits per heavy atom. The number of fused-ring (bicyclic) bond motifs is 2. The maximum atomic E-state index is 12.5. The quantitative estimate of drug-likeness (QED) is 0.679. The molecule has 2 N–H and O–H groups in total. The maximum absolute atomic E-state index is 12.5. The molecule has 8 heteroatoms. The normalized spacial score (nSPS) is 18.8. The van der Waals surface area contributed by atoms with Gasteiger partial charge in [0.05, 0.1) is 0 Å². The van der Waals surface area contributed by atoms with Crippen LogP contribution in [0.3, 0.4) is 0 Å². The molecule has 0 aromatic heterocycles. The van der Waals surface area contributed by atoms with Gasteiger partial charge in [-0.2, -0.15) is 0 Å². The summed E-state index contributed by atoms with van der Waals surface area (Å²) in [5, 5.41) is 2.41. The average molecular weight is 431 g/mol. The summed E-state index contributed by atoms with van der Waals surface area (Å²) in [5.41, 5.74) is 5.93. The molecule has 0 spiro atoms. The van der Waals surface area contributed by atoms with Gasteiger partial charge >= 0.3 is 6.03 Å². The molecular weight excluding hydrogens is 401 g/mol. The largest absolute Gasteiger partial charge is 0.332 e. The van der Waals surface area contributed by atoms with Crippen molar-refractivity contribution in [1.29, 1.82) is 0 Å². The number of urea groups is 1. The molecule has 0 bridgehead atoms. The van der Waals surface area contributed by atoms with Gasteiger partial charge in [0.1, 0.15) is 5.25 Å². The minimum Gasteiger partial charge on any atom is -0.307 e. The van der Waals surface area contributed by atoms with Gasteiger partial charge in [-0.3, -0.25) is 0 Å². The SMILES string of the molecule is CCCCN1CC(S(=O)(=O)NC(=O)Nc2c3c(cc4c2CCC4)CCC3)C1.[K]. The van der Waals surface area contributed by atoms with Gasteiger partial charge < -0.3 is 10.2 Å². The van der Waals surface area contributed by atoms with Crippen LogP contribution in [0.4, 0.5) is 10.5 Å². The number of hydrogen-bond acceptors (Lipinski definition) is 4. The van der Waals surface area contributed by atoms with E-state index >= 15 is 0 Å². The number of hydrogen-bond donors (Lipinski definition) is 2. The van der Waals surface area contributed by atoms with Gasteiger partial charge in [0.15, 0.2) is 0 Å². The van der Waals surface area contributed by atoms with Crippen LogP contribution < -0.4 is 10.0 Å². The van der Waals surface area contributed by atoms with Gasteiger partial charge in [0.25, 0.3) is 0 Å². The first kappa shape index (κ1) is 22.7. The number of nitrogens with zero attached hydrogens (tertiary/aromatic N) is 1. The minimum atomic E-state index is -3.63. The molecule has 1 aromatic rings. The van der Waals surface area contributed by atoms with Crippen LogP contribution in [0.1, 0.15) is 54.9 Å². The standard InChI is InChI=1S/C20H29N3O3S.K/c1-2-3-10-23-12-16(13-23)27(25,26)22-20(24)21-19-17-8-4-6-14(17)11-15-7-5-9-18(15)19;/h11,16H,2-10,12-13H2,1H3,(H2,21,22,24);. The van der Waals surface area contributed by atoms with Gasteiger partial charge in [-0.1, -0.05) is 19.4 Å². The van der Waals surface area contributed by atoms with Crippen LogP contribution in [0, 0.1) is 0 Å². The fraction of sp³-hybridized carbons (Fsp3) is 0.650. The van der Waals surface area contributed by atoms with E-state index in [2.05, 4.69) is 27.9 Å². The van der Waals surface area contributed by atoms with Crippen molar-refractivity contribution in [1.82, 2.24) is 9.62 Å². The zero-order valence-electron chi connectivity index (χ0n) is 17.0. The first-order chi connectivity index (χ1) is 13.0. The van der Waals surface area contributed by atoms with Crippen molar-refractivity contribution in [2.75, 3.05) is 25.0 Å². The third-order valence-electron chi connectivity index (χ3n) is 6.14. The Morgan fingerprint density at radius 3 is 2.29 bits per heavy atom. The molecule has 2 aliphatic carbocycles. The van der Waals surface area contributed by atoms with Crippen molar-refractivity contribution < 1.29 is 13.2 Å². The molecular formula is C20H29KN3O3S. The van der Waals surface area contributed by atoms with Crippen LogP contribution in [-0.2, 0) is 35.7 Å². The number of carbonyl (C=O) groups is 1. The second-order valence-corrected chi connectivity index (χ2v) is 10.0. The summed E-state index contributed by atoms with van der Waals surface area (Å²) in [6.45, 7) is 4.07. The van der Waals surface area contributed by atoms with Crippen LogP contribution >= 0.6 is 0 Å². The van der Waals surface area contributed by atoms with Crippen molar-refractivity contribution in [3.05, 3.63) is 28.3 Å². The number of amides is 2. The Bertz CT molecular complexity index is 818. The molecule has 149 valence electrons. The Labute approximate surface area is 210 Å². The summed E-state index contributed by atoms with van der Waals surface area (Å²) >= 11 is 0. The molecule has 1 heterocycles. The number of nitrogens with one attached hydrogen (secondary N) is 2. The molecule has 6 nitrogen and oxygen atoms in total. The van der Waals surface area contributed by atoms with E-state index in [-0.39, 0.29) is 51.4 Å². The number of benzene rings is 1. The van der Waals surface area contributed by atoms with E-state index in [1.807, 2.05) is 0 Å². The van der Waals surface area contributed by atoms with Gasteiger partial charge in [0, 0.05) is 70.2 Å². The second-order valence-electron chi connectivity index (χ2n) is 8.07.